The van der Waals surface area contributed by atoms with E-state index >= 15 is 0 Å². The molecule has 39 heavy (non-hydrogen) atoms. The number of allylic oxidation sites excluding steroid dienone is 2. The maximum atomic E-state index is 10.0. The zero-order chi connectivity index (χ0) is 29.8. The topological polar surface area (TPSA) is 65.2 Å². The van der Waals surface area contributed by atoms with Crippen molar-refractivity contribution in [1.29, 1.82) is 0 Å². The molecule has 222 valence electrons. The number of unbranched alkanes of at least 4 members (excludes halogenated alkanes) is 5. The van der Waals surface area contributed by atoms with E-state index in [-0.39, 0.29) is 6.03 Å². The van der Waals surface area contributed by atoms with Crippen molar-refractivity contribution < 1.29 is 4.79 Å². The van der Waals surface area contributed by atoms with E-state index in [2.05, 4.69) is 89.0 Å². The number of benzene rings is 1. The second kappa shape index (κ2) is 21.2. The van der Waals surface area contributed by atoms with Gasteiger partial charge >= 0.3 is 6.03 Å². The highest BCUT2D eigenvalue weighted by Gasteiger charge is 2.11. The number of urea groups is 1. The van der Waals surface area contributed by atoms with Crippen LogP contribution >= 0.6 is 0 Å². The van der Waals surface area contributed by atoms with Gasteiger partial charge in [0.2, 0.25) is 0 Å². The van der Waals surface area contributed by atoms with Gasteiger partial charge < -0.3 is 21.3 Å². The number of amides is 2. The Bertz CT molecular complexity index is 893. The van der Waals surface area contributed by atoms with Crippen molar-refractivity contribution in [3.63, 3.8) is 0 Å². The van der Waals surface area contributed by atoms with Crippen molar-refractivity contribution in [1.82, 2.24) is 21.3 Å². The van der Waals surface area contributed by atoms with Gasteiger partial charge in [-0.15, -0.1) is 0 Å². The summed E-state index contributed by atoms with van der Waals surface area (Å²) in [7, 11) is 0. The predicted molar refractivity (Wildman–Crippen MR) is 173 cm³/mol. The van der Waals surface area contributed by atoms with Gasteiger partial charge in [-0.2, -0.15) is 0 Å². The highest BCUT2D eigenvalue weighted by molar-refractivity contribution is 5.75. The smallest absolute Gasteiger partial charge is 0.314 e. The summed E-state index contributed by atoms with van der Waals surface area (Å²) in [5.41, 5.74) is 11.8. The molecule has 1 aromatic carbocycles. The summed E-state index contributed by atoms with van der Waals surface area (Å²) in [5.74, 6) is 0. The van der Waals surface area contributed by atoms with E-state index < -0.39 is 0 Å². The van der Waals surface area contributed by atoms with Crippen molar-refractivity contribution in [2.24, 2.45) is 0 Å². The number of nitrogens with one attached hydrogen (secondary N) is 4. The van der Waals surface area contributed by atoms with E-state index in [9.17, 15) is 4.79 Å². The van der Waals surface area contributed by atoms with Crippen LogP contribution < -0.4 is 21.3 Å². The van der Waals surface area contributed by atoms with Gasteiger partial charge in [-0.05, 0) is 112 Å². The van der Waals surface area contributed by atoms with E-state index in [0.717, 1.165) is 38.3 Å². The maximum absolute atomic E-state index is 10.0. The van der Waals surface area contributed by atoms with Crippen molar-refractivity contribution in [2.45, 2.75) is 114 Å². The highest BCUT2D eigenvalue weighted by Crippen LogP contribution is 2.28. The van der Waals surface area contributed by atoms with E-state index in [1.54, 1.807) is 0 Å². The SMILES string of the molecule is C=C(CCCCC)NCCCCCCNC(=C)/C(C)=C/c1c(C)c(C)c(C)c(C)c1C.CC.O=C1NCCN1. The lowest BCUT2D eigenvalue weighted by atomic mass is 9.88. The second-order valence-corrected chi connectivity index (χ2v) is 10.4. The van der Waals surface area contributed by atoms with Crippen LogP contribution in [-0.2, 0) is 0 Å². The number of hydrogen-bond acceptors (Lipinski definition) is 3. The Balaban J connectivity index is 0.00000155. The van der Waals surface area contributed by atoms with E-state index in [1.165, 1.54) is 89.6 Å². The summed E-state index contributed by atoms with van der Waals surface area (Å²) >= 11 is 0. The Hall–Kier alpha value is -2.69. The first-order valence-electron chi connectivity index (χ1n) is 15.2. The summed E-state index contributed by atoms with van der Waals surface area (Å²) < 4.78 is 0. The van der Waals surface area contributed by atoms with Crippen LogP contribution in [0.5, 0.6) is 0 Å². The van der Waals surface area contributed by atoms with Gasteiger partial charge in [0, 0.05) is 37.6 Å². The van der Waals surface area contributed by atoms with Gasteiger partial charge in [-0.1, -0.05) is 59.6 Å². The average Bonchev–Trinajstić information content (AvgIpc) is 3.42. The summed E-state index contributed by atoms with van der Waals surface area (Å²) in [5, 5.41) is 12.1. The predicted octanol–water partition coefficient (Wildman–Crippen LogP) is 8.30. The molecule has 1 aliphatic rings. The van der Waals surface area contributed by atoms with Crippen molar-refractivity contribution in [2.75, 3.05) is 26.2 Å². The molecule has 5 heteroatoms. The molecule has 0 aliphatic carbocycles. The lowest BCUT2D eigenvalue weighted by Crippen LogP contribution is -2.20. The van der Waals surface area contributed by atoms with Crippen molar-refractivity contribution >= 4 is 12.1 Å². The van der Waals surface area contributed by atoms with Gasteiger partial charge in [0.25, 0.3) is 0 Å². The summed E-state index contributed by atoms with van der Waals surface area (Å²) in [6.07, 6.45) is 12.2. The normalized spacial score (nSPS) is 12.3. The van der Waals surface area contributed by atoms with E-state index in [4.69, 9.17) is 0 Å². The van der Waals surface area contributed by atoms with Crippen LogP contribution in [0.4, 0.5) is 4.79 Å². The van der Waals surface area contributed by atoms with E-state index in [0.29, 0.717) is 0 Å². The standard InChI is InChI=1S/C29H48N2.C3H6N2O.C2H6/c1-10-11-14-17-22(3)30-18-15-12-13-16-19-31-28(9)21(2)20-29-26(7)24(5)23(4)25(6)27(29)8;6-3-4-1-2-5-3;1-2/h20,30-31H,3,9-19H2,1-2,4-8H3;1-2H2,(H2,4,5,6);1-2H3/b21-20+;;. The summed E-state index contributed by atoms with van der Waals surface area (Å²) in [4.78, 5) is 10.0. The molecule has 0 saturated carbocycles. The number of carbonyl (C=O) groups excluding carboxylic acids is 1. The van der Waals surface area contributed by atoms with Crippen LogP contribution in [0.25, 0.3) is 6.08 Å². The van der Waals surface area contributed by atoms with E-state index in [1.807, 2.05) is 13.8 Å². The lowest BCUT2D eigenvalue weighted by molar-refractivity contribution is 0.248. The molecule has 1 fully saturated rings. The third-order valence-corrected chi connectivity index (χ3v) is 7.49. The van der Waals surface area contributed by atoms with Crippen molar-refractivity contribution in [3.05, 3.63) is 63.5 Å². The van der Waals surface area contributed by atoms with Crippen LogP contribution in [0.15, 0.2) is 30.1 Å². The Morgan fingerprint density at radius 2 is 1.26 bits per heavy atom. The largest absolute Gasteiger partial charge is 0.389 e. The van der Waals surface area contributed by atoms with Crippen molar-refractivity contribution in [3.8, 4) is 0 Å². The zero-order valence-electron chi connectivity index (χ0n) is 26.9. The zero-order valence-corrected chi connectivity index (χ0v) is 26.9. The summed E-state index contributed by atoms with van der Waals surface area (Å²) in [6.45, 7) is 31.6. The Labute approximate surface area is 241 Å². The van der Waals surface area contributed by atoms with Crippen LogP contribution in [0, 0.1) is 34.6 Å². The molecule has 0 spiro atoms. The molecule has 1 saturated heterocycles. The quantitative estimate of drug-likeness (QED) is 0.134. The lowest BCUT2D eigenvalue weighted by Gasteiger charge is -2.18. The molecule has 1 aliphatic heterocycles. The minimum Gasteiger partial charge on any atom is -0.389 e. The van der Waals surface area contributed by atoms with Gasteiger partial charge in [-0.25, -0.2) is 4.79 Å². The Morgan fingerprint density at radius 3 is 1.72 bits per heavy atom. The first-order valence-corrected chi connectivity index (χ1v) is 15.2. The van der Waals surface area contributed by atoms with Crippen LogP contribution in [-0.4, -0.2) is 32.2 Å². The van der Waals surface area contributed by atoms with Gasteiger partial charge in [-0.3, -0.25) is 0 Å². The number of carbonyl (C=O) groups is 1. The third kappa shape index (κ3) is 14.3. The average molecular weight is 541 g/mol. The molecule has 5 nitrogen and oxygen atoms in total. The Morgan fingerprint density at radius 1 is 0.769 bits per heavy atom. The minimum atomic E-state index is -0.0463. The molecular weight excluding hydrogens is 480 g/mol. The van der Waals surface area contributed by atoms with Crippen LogP contribution in [0.3, 0.4) is 0 Å². The fraction of sp³-hybridized carbons (Fsp3) is 0.618. The molecule has 0 bridgehead atoms. The summed E-state index contributed by atoms with van der Waals surface area (Å²) in [6, 6.07) is -0.0463. The highest BCUT2D eigenvalue weighted by atomic mass is 16.2. The first-order chi connectivity index (χ1) is 18.6. The molecule has 2 amide bonds. The molecule has 0 radical (unpaired) electrons. The van der Waals surface area contributed by atoms with Crippen LogP contribution in [0.2, 0.25) is 0 Å². The fourth-order valence-corrected chi connectivity index (χ4v) is 4.39. The molecule has 0 aromatic heterocycles. The number of rotatable bonds is 15. The minimum absolute atomic E-state index is 0.0463. The maximum Gasteiger partial charge on any atom is 0.314 e. The monoisotopic (exact) mass is 540 g/mol. The molecule has 0 unspecified atom stereocenters. The molecule has 1 aromatic rings. The third-order valence-electron chi connectivity index (χ3n) is 7.49. The molecule has 2 rings (SSSR count). The van der Waals surface area contributed by atoms with Gasteiger partial charge in [0.1, 0.15) is 0 Å². The first kappa shape index (κ1) is 36.3. The van der Waals surface area contributed by atoms with Gasteiger partial charge in [0.15, 0.2) is 0 Å². The molecule has 0 atom stereocenters. The van der Waals surface area contributed by atoms with Crippen LogP contribution in [0.1, 0.15) is 112 Å². The molecule has 4 N–H and O–H groups in total. The molecular formula is C34H60N4O. The molecule has 1 heterocycles. The second-order valence-electron chi connectivity index (χ2n) is 10.4. The fourth-order valence-electron chi connectivity index (χ4n) is 4.39. The number of hydrogen-bond donors (Lipinski definition) is 4. The van der Waals surface area contributed by atoms with Gasteiger partial charge in [0.05, 0.1) is 0 Å². The Kier molecular flexibility index (Phi) is 19.7.